The van der Waals surface area contributed by atoms with Crippen LogP contribution in [-0.2, 0) is 11.3 Å². The normalized spacial score (nSPS) is 13.3. The Morgan fingerprint density at radius 1 is 1.35 bits per heavy atom. The van der Waals surface area contributed by atoms with Crippen molar-refractivity contribution in [2.75, 3.05) is 19.8 Å². The molecule has 92 valence electrons. The molecule has 0 saturated heterocycles. The van der Waals surface area contributed by atoms with E-state index in [1.165, 1.54) is 0 Å². The smallest absolute Gasteiger partial charge is 0.234 e. The number of amides is 1. The largest absolute Gasteiger partial charge is 0.486 e. The SMILES string of the molecule is Cc1cc2c(cc1CNC(=O)CN)OCCO2. The van der Waals surface area contributed by atoms with E-state index in [9.17, 15) is 4.79 Å². The zero-order chi connectivity index (χ0) is 12.3. The first kappa shape index (κ1) is 11.7. The summed E-state index contributed by atoms with van der Waals surface area (Å²) in [5, 5.41) is 2.74. The lowest BCUT2D eigenvalue weighted by Crippen LogP contribution is -2.30. The number of nitrogens with one attached hydrogen (secondary N) is 1. The Kier molecular flexibility index (Phi) is 3.49. The Hall–Kier alpha value is -1.75. The van der Waals surface area contributed by atoms with Gasteiger partial charge in [0.25, 0.3) is 0 Å². The third kappa shape index (κ3) is 2.68. The van der Waals surface area contributed by atoms with Gasteiger partial charge < -0.3 is 20.5 Å². The number of fused-ring (bicyclic) bond motifs is 1. The molecule has 2 rings (SSSR count). The highest BCUT2D eigenvalue weighted by atomic mass is 16.6. The van der Waals surface area contributed by atoms with Crippen LogP contribution in [0, 0.1) is 6.92 Å². The molecule has 0 unspecified atom stereocenters. The molecule has 3 N–H and O–H groups in total. The maximum absolute atomic E-state index is 11.1. The van der Waals surface area contributed by atoms with Crippen LogP contribution in [0.4, 0.5) is 0 Å². The number of aryl methyl sites for hydroxylation is 1. The van der Waals surface area contributed by atoms with Crippen LogP contribution in [0.1, 0.15) is 11.1 Å². The molecule has 1 aliphatic heterocycles. The first-order valence-corrected chi connectivity index (χ1v) is 5.56. The van der Waals surface area contributed by atoms with Crippen LogP contribution in [0.2, 0.25) is 0 Å². The van der Waals surface area contributed by atoms with E-state index < -0.39 is 0 Å². The van der Waals surface area contributed by atoms with Crippen LogP contribution in [0.3, 0.4) is 0 Å². The van der Waals surface area contributed by atoms with Crippen LogP contribution < -0.4 is 20.5 Å². The number of rotatable bonds is 3. The highest BCUT2D eigenvalue weighted by molar-refractivity contribution is 5.77. The molecule has 0 bridgehead atoms. The van der Waals surface area contributed by atoms with Crippen LogP contribution >= 0.6 is 0 Å². The van der Waals surface area contributed by atoms with Crippen LogP contribution in [0.25, 0.3) is 0 Å². The van der Waals surface area contributed by atoms with Gasteiger partial charge in [-0.1, -0.05) is 0 Å². The Balaban J connectivity index is 2.14. The first-order valence-electron chi connectivity index (χ1n) is 5.56. The van der Waals surface area contributed by atoms with Crippen molar-refractivity contribution in [3.05, 3.63) is 23.3 Å². The molecular weight excluding hydrogens is 220 g/mol. The van der Waals surface area contributed by atoms with E-state index in [0.717, 1.165) is 22.6 Å². The van der Waals surface area contributed by atoms with Crippen molar-refractivity contribution in [3.8, 4) is 11.5 Å². The predicted octanol–water partition coefficient (Wildman–Crippen LogP) is 0.341. The van der Waals surface area contributed by atoms with Crippen molar-refractivity contribution in [1.29, 1.82) is 0 Å². The average Bonchev–Trinajstić information content (AvgIpc) is 2.35. The highest BCUT2D eigenvalue weighted by Crippen LogP contribution is 2.32. The Labute approximate surface area is 99.9 Å². The summed E-state index contributed by atoms with van der Waals surface area (Å²) in [5.41, 5.74) is 7.30. The van der Waals surface area contributed by atoms with Crippen molar-refractivity contribution < 1.29 is 14.3 Å². The third-order valence-electron chi connectivity index (χ3n) is 2.66. The summed E-state index contributed by atoms with van der Waals surface area (Å²) in [7, 11) is 0. The molecule has 0 atom stereocenters. The minimum atomic E-state index is -0.167. The predicted molar refractivity (Wildman–Crippen MR) is 63.1 cm³/mol. The van der Waals surface area contributed by atoms with Gasteiger partial charge in [0.2, 0.25) is 5.91 Å². The molecule has 17 heavy (non-hydrogen) atoms. The monoisotopic (exact) mass is 236 g/mol. The second-order valence-corrected chi connectivity index (χ2v) is 3.90. The van der Waals surface area contributed by atoms with E-state index in [4.69, 9.17) is 15.2 Å². The third-order valence-corrected chi connectivity index (χ3v) is 2.66. The summed E-state index contributed by atoms with van der Waals surface area (Å²) in [4.78, 5) is 11.1. The van der Waals surface area contributed by atoms with Gasteiger partial charge >= 0.3 is 0 Å². The van der Waals surface area contributed by atoms with Crippen molar-refractivity contribution in [2.45, 2.75) is 13.5 Å². The van der Waals surface area contributed by atoms with E-state index in [0.29, 0.717) is 19.8 Å². The Morgan fingerprint density at radius 2 is 2.00 bits per heavy atom. The summed E-state index contributed by atoms with van der Waals surface area (Å²) in [6.07, 6.45) is 0. The minimum absolute atomic E-state index is 0.00357. The summed E-state index contributed by atoms with van der Waals surface area (Å²) in [6, 6.07) is 3.83. The first-order chi connectivity index (χ1) is 8.20. The molecule has 1 aromatic carbocycles. The maximum atomic E-state index is 11.1. The van der Waals surface area contributed by atoms with Crippen molar-refractivity contribution in [1.82, 2.24) is 5.32 Å². The number of nitrogens with two attached hydrogens (primary N) is 1. The fraction of sp³-hybridized carbons (Fsp3) is 0.417. The number of carbonyl (C=O) groups is 1. The molecule has 1 aromatic rings. The van der Waals surface area contributed by atoms with Gasteiger partial charge in [0.05, 0.1) is 6.54 Å². The van der Waals surface area contributed by atoms with Gasteiger partial charge in [0.1, 0.15) is 13.2 Å². The summed E-state index contributed by atoms with van der Waals surface area (Å²) < 4.78 is 11.0. The van der Waals surface area contributed by atoms with Crippen LogP contribution in [0.15, 0.2) is 12.1 Å². The second kappa shape index (κ2) is 5.05. The maximum Gasteiger partial charge on any atom is 0.234 e. The molecule has 1 aliphatic rings. The molecular formula is C12H16N2O3. The number of hydrogen-bond donors (Lipinski definition) is 2. The van der Waals surface area contributed by atoms with Gasteiger partial charge in [0, 0.05) is 6.54 Å². The molecule has 0 fully saturated rings. The lowest BCUT2D eigenvalue weighted by Gasteiger charge is -2.20. The summed E-state index contributed by atoms with van der Waals surface area (Å²) in [6.45, 7) is 3.57. The molecule has 5 nitrogen and oxygen atoms in total. The van der Waals surface area contributed by atoms with E-state index in [1.54, 1.807) is 0 Å². The Bertz CT molecular complexity index is 432. The fourth-order valence-corrected chi connectivity index (χ4v) is 1.69. The molecule has 1 heterocycles. The van der Waals surface area contributed by atoms with E-state index in [-0.39, 0.29) is 12.5 Å². The van der Waals surface area contributed by atoms with E-state index >= 15 is 0 Å². The quantitative estimate of drug-likeness (QED) is 0.793. The number of ether oxygens (including phenoxy) is 2. The summed E-state index contributed by atoms with van der Waals surface area (Å²) in [5.74, 6) is 1.33. The topological polar surface area (TPSA) is 73.6 Å². The molecule has 5 heteroatoms. The van der Waals surface area contributed by atoms with Crippen molar-refractivity contribution in [2.24, 2.45) is 5.73 Å². The fourth-order valence-electron chi connectivity index (χ4n) is 1.69. The van der Waals surface area contributed by atoms with Gasteiger partial charge in [-0.05, 0) is 30.2 Å². The second-order valence-electron chi connectivity index (χ2n) is 3.90. The highest BCUT2D eigenvalue weighted by Gasteiger charge is 2.14. The van der Waals surface area contributed by atoms with Gasteiger partial charge in [0.15, 0.2) is 11.5 Å². The van der Waals surface area contributed by atoms with Gasteiger partial charge in [-0.3, -0.25) is 4.79 Å². The number of benzene rings is 1. The molecule has 0 aromatic heterocycles. The molecule has 0 saturated carbocycles. The van der Waals surface area contributed by atoms with Crippen molar-refractivity contribution >= 4 is 5.91 Å². The molecule has 1 amide bonds. The molecule has 0 aliphatic carbocycles. The minimum Gasteiger partial charge on any atom is -0.486 e. The Morgan fingerprint density at radius 3 is 2.65 bits per heavy atom. The standard InChI is InChI=1S/C12H16N2O3/c1-8-4-10-11(17-3-2-16-10)5-9(8)7-14-12(15)6-13/h4-5H,2-3,6-7,13H2,1H3,(H,14,15). The summed E-state index contributed by atoms with van der Waals surface area (Å²) >= 11 is 0. The van der Waals surface area contributed by atoms with Gasteiger partial charge in [-0.25, -0.2) is 0 Å². The van der Waals surface area contributed by atoms with Gasteiger partial charge in [-0.15, -0.1) is 0 Å². The van der Waals surface area contributed by atoms with Crippen molar-refractivity contribution in [3.63, 3.8) is 0 Å². The van der Waals surface area contributed by atoms with E-state index in [1.807, 2.05) is 19.1 Å². The van der Waals surface area contributed by atoms with Crippen LogP contribution in [-0.4, -0.2) is 25.7 Å². The lowest BCUT2D eigenvalue weighted by atomic mass is 10.1. The lowest BCUT2D eigenvalue weighted by molar-refractivity contribution is -0.119. The molecule has 0 radical (unpaired) electrons. The number of hydrogen-bond acceptors (Lipinski definition) is 4. The van der Waals surface area contributed by atoms with Crippen LogP contribution in [0.5, 0.6) is 11.5 Å². The van der Waals surface area contributed by atoms with Gasteiger partial charge in [-0.2, -0.15) is 0 Å². The van der Waals surface area contributed by atoms with E-state index in [2.05, 4.69) is 5.32 Å². The molecule has 0 spiro atoms. The zero-order valence-corrected chi connectivity index (χ0v) is 9.79. The number of carbonyl (C=O) groups excluding carboxylic acids is 1. The zero-order valence-electron chi connectivity index (χ0n) is 9.79. The average molecular weight is 236 g/mol.